The minimum Gasteiger partial charge on any atom is -0.493 e. The van der Waals surface area contributed by atoms with E-state index in [-0.39, 0.29) is 23.1 Å². The number of anilines is 1. The van der Waals surface area contributed by atoms with E-state index in [2.05, 4.69) is 10.6 Å². The molecular formula is C22H28N2O5S. The molecule has 2 amide bonds. The van der Waals surface area contributed by atoms with Crippen LogP contribution in [0.3, 0.4) is 0 Å². The number of ether oxygens (including phenoxy) is 3. The van der Waals surface area contributed by atoms with Crippen molar-refractivity contribution < 1.29 is 23.8 Å². The van der Waals surface area contributed by atoms with E-state index in [1.54, 1.807) is 21.3 Å². The molecule has 7 nitrogen and oxygen atoms in total. The van der Waals surface area contributed by atoms with Crippen molar-refractivity contribution in [1.29, 1.82) is 0 Å². The summed E-state index contributed by atoms with van der Waals surface area (Å²) in [4.78, 5) is 24.7. The smallest absolute Gasteiger partial charge is 0.233 e. The fraction of sp³-hybridized carbons (Fsp3) is 0.364. The summed E-state index contributed by atoms with van der Waals surface area (Å²) in [6.07, 6.45) is 0. The third kappa shape index (κ3) is 6.06. The Morgan fingerprint density at radius 3 is 1.97 bits per heavy atom. The lowest BCUT2D eigenvalue weighted by Crippen LogP contribution is -2.33. The van der Waals surface area contributed by atoms with Gasteiger partial charge in [-0.1, -0.05) is 0 Å². The van der Waals surface area contributed by atoms with Crippen LogP contribution >= 0.6 is 11.8 Å². The standard InChI is InChI=1S/C22H28N2O5S/c1-13(16-11-19(27-4)21(29-6)20(12-16)28-5)23-22(26)14(2)30-18-9-7-17(8-10-18)24-15(3)25/h7-14H,1-6H3,(H,23,26)(H,24,25). The van der Waals surface area contributed by atoms with Gasteiger partial charge in [0.25, 0.3) is 0 Å². The zero-order valence-corrected chi connectivity index (χ0v) is 18.9. The van der Waals surface area contributed by atoms with Crippen LogP contribution < -0.4 is 24.8 Å². The van der Waals surface area contributed by atoms with Crippen molar-refractivity contribution in [2.24, 2.45) is 0 Å². The Labute approximate surface area is 181 Å². The van der Waals surface area contributed by atoms with Crippen LogP contribution in [0.15, 0.2) is 41.3 Å². The number of nitrogens with one attached hydrogen (secondary N) is 2. The van der Waals surface area contributed by atoms with Gasteiger partial charge in [0.15, 0.2) is 11.5 Å². The van der Waals surface area contributed by atoms with Crippen LogP contribution in [0.4, 0.5) is 5.69 Å². The van der Waals surface area contributed by atoms with Gasteiger partial charge in [-0.2, -0.15) is 0 Å². The van der Waals surface area contributed by atoms with E-state index in [0.717, 1.165) is 16.1 Å². The Morgan fingerprint density at radius 1 is 0.933 bits per heavy atom. The summed E-state index contributed by atoms with van der Waals surface area (Å²) >= 11 is 1.44. The molecule has 0 saturated carbocycles. The average molecular weight is 433 g/mol. The zero-order valence-electron chi connectivity index (χ0n) is 18.1. The number of carbonyl (C=O) groups is 2. The van der Waals surface area contributed by atoms with E-state index in [4.69, 9.17) is 14.2 Å². The number of methoxy groups -OCH3 is 3. The highest BCUT2D eigenvalue weighted by atomic mass is 32.2. The van der Waals surface area contributed by atoms with Gasteiger partial charge in [0.05, 0.1) is 32.6 Å². The van der Waals surface area contributed by atoms with Gasteiger partial charge in [-0.15, -0.1) is 11.8 Å². The predicted octanol–water partition coefficient (Wildman–Crippen LogP) is 4.03. The number of hydrogen-bond donors (Lipinski definition) is 2. The van der Waals surface area contributed by atoms with Crippen LogP contribution in [0, 0.1) is 0 Å². The summed E-state index contributed by atoms with van der Waals surface area (Å²) in [6, 6.07) is 10.8. The highest BCUT2D eigenvalue weighted by Gasteiger charge is 2.20. The van der Waals surface area contributed by atoms with Crippen molar-refractivity contribution >= 4 is 29.3 Å². The predicted molar refractivity (Wildman–Crippen MR) is 119 cm³/mol. The first-order valence-corrected chi connectivity index (χ1v) is 10.3. The molecule has 0 heterocycles. The largest absolute Gasteiger partial charge is 0.493 e. The van der Waals surface area contributed by atoms with Gasteiger partial charge < -0.3 is 24.8 Å². The molecule has 2 aromatic carbocycles. The van der Waals surface area contributed by atoms with E-state index in [1.807, 2.05) is 50.2 Å². The van der Waals surface area contributed by atoms with Crippen molar-refractivity contribution in [1.82, 2.24) is 5.32 Å². The van der Waals surface area contributed by atoms with Gasteiger partial charge in [-0.25, -0.2) is 0 Å². The molecule has 2 unspecified atom stereocenters. The molecule has 0 aliphatic carbocycles. The lowest BCUT2D eigenvalue weighted by atomic mass is 10.1. The Bertz CT molecular complexity index is 861. The van der Waals surface area contributed by atoms with E-state index < -0.39 is 0 Å². The Balaban J connectivity index is 2.05. The molecule has 30 heavy (non-hydrogen) atoms. The van der Waals surface area contributed by atoms with Crippen LogP contribution in [-0.4, -0.2) is 38.4 Å². The van der Waals surface area contributed by atoms with Crippen molar-refractivity contribution in [2.75, 3.05) is 26.6 Å². The second kappa shape index (κ2) is 10.8. The molecule has 0 aliphatic heterocycles. The summed E-state index contributed by atoms with van der Waals surface area (Å²) in [5.74, 6) is 1.37. The summed E-state index contributed by atoms with van der Waals surface area (Å²) in [7, 11) is 4.66. The maximum absolute atomic E-state index is 12.7. The average Bonchev–Trinajstić information content (AvgIpc) is 2.73. The summed E-state index contributed by atoms with van der Waals surface area (Å²) < 4.78 is 16.1. The molecular weight excluding hydrogens is 404 g/mol. The van der Waals surface area contributed by atoms with Crippen molar-refractivity contribution in [3.63, 3.8) is 0 Å². The molecule has 0 fully saturated rings. The van der Waals surface area contributed by atoms with E-state index in [1.165, 1.54) is 18.7 Å². The van der Waals surface area contributed by atoms with E-state index in [9.17, 15) is 9.59 Å². The van der Waals surface area contributed by atoms with Gasteiger partial charge in [0.1, 0.15) is 0 Å². The van der Waals surface area contributed by atoms with Crippen molar-refractivity contribution in [2.45, 2.75) is 37.0 Å². The number of rotatable bonds is 9. The number of hydrogen-bond acceptors (Lipinski definition) is 6. The second-order valence-corrected chi connectivity index (χ2v) is 8.07. The molecule has 0 aliphatic rings. The minimum atomic E-state index is -0.305. The highest BCUT2D eigenvalue weighted by molar-refractivity contribution is 8.00. The van der Waals surface area contributed by atoms with Gasteiger partial charge >= 0.3 is 0 Å². The summed E-state index contributed by atoms with van der Waals surface area (Å²) in [5.41, 5.74) is 1.56. The van der Waals surface area contributed by atoms with E-state index >= 15 is 0 Å². The fourth-order valence-corrected chi connectivity index (χ4v) is 3.72. The molecule has 2 atom stereocenters. The third-order valence-electron chi connectivity index (χ3n) is 4.40. The van der Waals surface area contributed by atoms with Crippen LogP contribution in [0.1, 0.15) is 32.4 Å². The minimum absolute atomic E-state index is 0.0906. The first-order chi connectivity index (χ1) is 14.3. The zero-order chi connectivity index (χ0) is 22.3. The van der Waals surface area contributed by atoms with Crippen molar-refractivity contribution in [3.05, 3.63) is 42.0 Å². The van der Waals surface area contributed by atoms with Crippen LogP contribution in [0.25, 0.3) is 0 Å². The summed E-state index contributed by atoms with van der Waals surface area (Å²) in [5, 5.41) is 5.44. The number of thioether (sulfide) groups is 1. The molecule has 2 aromatic rings. The maximum Gasteiger partial charge on any atom is 0.233 e. The normalized spacial score (nSPS) is 12.5. The molecule has 162 valence electrons. The van der Waals surface area contributed by atoms with Gasteiger partial charge in [0, 0.05) is 17.5 Å². The Kier molecular flexibility index (Phi) is 8.41. The topological polar surface area (TPSA) is 85.9 Å². The lowest BCUT2D eigenvalue weighted by molar-refractivity contribution is -0.121. The molecule has 0 bridgehead atoms. The first-order valence-electron chi connectivity index (χ1n) is 9.43. The monoisotopic (exact) mass is 432 g/mol. The third-order valence-corrected chi connectivity index (χ3v) is 5.51. The van der Waals surface area contributed by atoms with Crippen LogP contribution in [0.2, 0.25) is 0 Å². The molecule has 0 radical (unpaired) electrons. The maximum atomic E-state index is 12.7. The SMILES string of the molecule is COc1cc(C(C)NC(=O)C(C)Sc2ccc(NC(C)=O)cc2)cc(OC)c1OC. The Morgan fingerprint density at radius 2 is 1.50 bits per heavy atom. The quantitative estimate of drug-likeness (QED) is 0.582. The Hall–Kier alpha value is -2.87. The fourth-order valence-electron chi connectivity index (χ4n) is 2.84. The molecule has 0 saturated heterocycles. The lowest BCUT2D eigenvalue weighted by Gasteiger charge is -2.20. The second-order valence-electron chi connectivity index (χ2n) is 6.65. The van der Waals surface area contributed by atoms with Gasteiger partial charge in [0.2, 0.25) is 17.6 Å². The molecule has 0 spiro atoms. The molecule has 2 N–H and O–H groups in total. The van der Waals surface area contributed by atoms with Crippen LogP contribution in [0.5, 0.6) is 17.2 Å². The van der Waals surface area contributed by atoms with Gasteiger partial charge in [-0.3, -0.25) is 9.59 Å². The number of carbonyl (C=O) groups excluding carboxylic acids is 2. The molecule has 2 rings (SSSR count). The van der Waals surface area contributed by atoms with Gasteiger partial charge in [-0.05, 0) is 55.8 Å². The molecule has 8 heteroatoms. The summed E-state index contributed by atoms with van der Waals surface area (Å²) in [6.45, 7) is 5.21. The number of amides is 2. The highest BCUT2D eigenvalue weighted by Crippen LogP contribution is 2.39. The molecule has 0 aromatic heterocycles. The number of benzene rings is 2. The first kappa shape index (κ1) is 23.4. The van der Waals surface area contributed by atoms with Crippen molar-refractivity contribution in [3.8, 4) is 17.2 Å². The van der Waals surface area contributed by atoms with Crippen LogP contribution in [-0.2, 0) is 9.59 Å². The van der Waals surface area contributed by atoms with E-state index in [0.29, 0.717) is 17.2 Å².